The molecule has 0 aliphatic carbocycles. The van der Waals surface area contributed by atoms with Gasteiger partial charge in [0.05, 0.1) is 6.61 Å². The van der Waals surface area contributed by atoms with Crippen LogP contribution in [0.5, 0.6) is 0 Å². The van der Waals surface area contributed by atoms with E-state index in [0.29, 0.717) is 6.61 Å². The number of rotatable bonds is 6. The van der Waals surface area contributed by atoms with Gasteiger partial charge in [-0.2, -0.15) is 0 Å². The van der Waals surface area contributed by atoms with Crippen LogP contribution in [0, 0.1) is 0 Å². The van der Waals surface area contributed by atoms with Crippen molar-refractivity contribution in [2.45, 2.75) is 33.1 Å². The molecule has 1 N–H and O–H groups in total. The van der Waals surface area contributed by atoms with Crippen LogP contribution >= 0.6 is 8.38 Å². The van der Waals surface area contributed by atoms with Crippen molar-refractivity contribution in [1.29, 1.82) is 0 Å². The predicted molar refractivity (Wildman–Crippen MR) is 45.2 cm³/mol. The zero-order valence-electron chi connectivity index (χ0n) is 6.84. The van der Waals surface area contributed by atoms with Gasteiger partial charge in [-0.1, -0.05) is 19.8 Å². The molecule has 0 heterocycles. The molecule has 62 valence electrons. The Kier molecular flexibility index (Phi) is 7.72. The molecule has 10 heavy (non-hydrogen) atoms. The molecular weight excluding hydrogens is 147 g/mol. The maximum atomic E-state index is 9.12. The van der Waals surface area contributed by atoms with Crippen molar-refractivity contribution in [3.8, 4) is 0 Å². The molecule has 0 rings (SSSR count). The lowest BCUT2D eigenvalue weighted by Gasteiger charge is -2.07. The summed E-state index contributed by atoms with van der Waals surface area (Å²) >= 11 is 0. The molecule has 0 aromatic heterocycles. The average molecular weight is 164 g/mol. The molecule has 1 atom stereocenters. The molecule has 0 aromatic carbocycles. The van der Waals surface area contributed by atoms with Gasteiger partial charge in [0.15, 0.2) is 8.38 Å². The first-order valence-corrected chi connectivity index (χ1v) is 5.30. The molecule has 2 nitrogen and oxygen atoms in total. The fourth-order valence-corrected chi connectivity index (χ4v) is 1.63. The van der Waals surface area contributed by atoms with Crippen molar-refractivity contribution in [1.82, 2.24) is 0 Å². The van der Waals surface area contributed by atoms with Crippen LogP contribution < -0.4 is 0 Å². The lowest BCUT2D eigenvalue weighted by molar-refractivity contribution is 0.328. The summed E-state index contributed by atoms with van der Waals surface area (Å²) in [5.74, 6) is 0. The smallest absolute Gasteiger partial charge is 0.167 e. The molecule has 1 unspecified atom stereocenters. The summed E-state index contributed by atoms with van der Waals surface area (Å²) in [7, 11) is -1.09. The highest BCUT2D eigenvalue weighted by atomic mass is 31.2. The van der Waals surface area contributed by atoms with Crippen molar-refractivity contribution >= 4 is 8.38 Å². The first-order valence-electron chi connectivity index (χ1n) is 3.90. The summed E-state index contributed by atoms with van der Waals surface area (Å²) in [5, 5.41) is 0. The lowest BCUT2D eigenvalue weighted by atomic mass is 10.3. The minimum absolute atomic E-state index is 0.633. The van der Waals surface area contributed by atoms with Crippen LogP contribution in [0.1, 0.15) is 33.1 Å². The van der Waals surface area contributed by atoms with Gasteiger partial charge >= 0.3 is 0 Å². The van der Waals surface area contributed by atoms with Crippen molar-refractivity contribution in [3.05, 3.63) is 0 Å². The van der Waals surface area contributed by atoms with Crippen LogP contribution in [0.2, 0.25) is 0 Å². The summed E-state index contributed by atoms with van der Waals surface area (Å²) in [5.41, 5.74) is 0. The standard InChI is InChI=1S/C7H17O2P/c1-3-5-6-7-10(8)9-4-2/h8H,3-7H2,1-2H3. The van der Waals surface area contributed by atoms with E-state index in [4.69, 9.17) is 9.42 Å². The first-order chi connectivity index (χ1) is 4.81. The van der Waals surface area contributed by atoms with Crippen LogP contribution in [0.25, 0.3) is 0 Å². The molecule has 3 heteroatoms. The highest BCUT2D eigenvalue weighted by Crippen LogP contribution is 2.31. The Morgan fingerprint density at radius 2 is 2.00 bits per heavy atom. The SMILES string of the molecule is CCCCCP(O)OCC. The first kappa shape index (κ1) is 10.3. The van der Waals surface area contributed by atoms with Gasteiger partial charge in [0.2, 0.25) is 0 Å². The summed E-state index contributed by atoms with van der Waals surface area (Å²) in [6, 6.07) is 0. The second kappa shape index (κ2) is 7.46. The molecule has 0 saturated heterocycles. The van der Waals surface area contributed by atoms with Gasteiger partial charge in [-0.15, -0.1) is 0 Å². The van der Waals surface area contributed by atoms with Crippen LogP contribution in [0.15, 0.2) is 0 Å². The Hall–Kier alpha value is 0.350. The zero-order chi connectivity index (χ0) is 7.82. The Bertz CT molecular complexity index is 68.6. The lowest BCUT2D eigenvalue weighted by Crippen LogP contribution is -1.88. The molecule has 0 bridgehead atoms. The van der Waals surface area contributed by atoms with Gasteiger partial charge < -0.3 is 9.42 Å². The fourth-order valence-electron chi connectivity index (χ4n) is 0.711. The van der Waals surface area contributed by atoms with E-state index in [9.17, 15) is 0 Å². The molecule has 0 fully saturated rings. The summed E-state index contributed by atoms with van der Waals surface area (Å²) in [6.45, 7) is 4.69. The largest absolute Gasteiger partial charge is 0.350 e. The summed E-state index contributed by atoms with van der Waals surface area (Å²) < 4.78 is 5.01. The van der Waals surface area contributed by atoms with Crippen molar-refractivity contribution in [3.63, 3.8) is 0 Å². The number of unbranched alkanes of at least 4 members (excludes halogenated alkanes) is 2. The quantitative estimate of drug-likeness (QED) is 0.482. The van der Waals surface area contributed by atoms with Gasteiger partial charge in [-0.05, 0) is 13.3 Å². The fraction of sp³-hybridized carbons (Fsp3) is 1.00. The maximum absolute atomic E-state index is 9.12. The van der Waals surface area contributed by atoms with Gasteiger partial charge in [0, 0.05) is 6.16 Å². The van der Waals surface area contributed by atoms with E-state index in [1.54, 1.807) is 0 Å². The molecule has 0 spiro atoms. The van der Waals surface area contributed by atoms with Crippen LogP contribution in [0.4, 0.5) is 0 Å². The molecule has 0 saturated carbocycles. The van der Waals surface area contributed by atoms with Gasteiger partial charge in [0.1, 0.15) is 0 Å². The van der Waals surface area contributed by atoms with Gasteiger partial charge in [-0.3, -0.25) is 0 Å². The van der Waals surface area contributed by atoms with Crippen LogP contribution in [0.3, 0.4) is 0 Å². The summed E-state index contributed by atoms with van der Waals surface area (Å²) in [4.78, 5) is 9.12. The van der Waals surface area contributed by atoms with E-state index in [-0.39, 0.29) is 0 Å². The Labute approximate surface area is 64.5 Å². The monoisotopic (exact) mass is 164 g/mol. The van der Waals surface area contributed by atoms with Crippen molar-refractivity contribution in [2.75, 3.05) is 12.8 Å². The van der Waals surface area contributed by atoms with E-state index in [2.05, 4.69) is 6.92 Å². The third-order valence-corrected chi connectivity index (χ3v) is 2.49. The molecule has 0 radical (unpaired) electrons. The molecule has 0 aromatic rings. The zero-order valence-corrected chi connectivity index (χ0v) is 7.73. The average Bonchev–Trinajstić information content (AvgIpc) is 1.89. The highest BCUT2D eigenvalue weighted by Gasteiger charge is 2.01. The van der Waals surface area contributed by atoms with Crippen molar-refractivity contribution < 1.29 is 9.42 Å². The van der Waals surface area contributed by atoms with E-state index in [0.717, 1.165) is 12.6 Å². The van der Waals surface area contributed by atoms with E-state index < -0.39 is 8.38 Å². The minimum atomic E-state index is -1.09. The van der Waals surface area contributed by atoms with E-state index >= 15 is 0 Å². The highest BCUT2D eigenvalue weighted by molar-refractivity contribution is 7.46. The van der Waals surface area contributed by atoms with Gasteiger partial charge in [0.25, 0.3) is 0 Å². The Morgan fingerprint density at radius 1 is 1.30 bits per heavy atom. The Morgan fingerprint density at radius 3 is 2.50 bits per heavy atom. The van der Waals surface area contributed by atoms with Crippen LogP contribution in [-0.2, 0) is 4.52 Å². The second-order valence-corrected chi connectivity index (χ2v) is 3.61. The van der Waals surface area contributed by atoms with E-state index in [1.807, 2.05) is 6.92 Å². The normalized spacial score (nSPS) is 13.5. The molecular formula is C7H17O2P. The third kappa shape index (κ3) is 6.47. The van der Waals surface area contributed by atoms with E-state index in [1.165, 1.54) is 12.8 Å². The van der Waals surface area contributed by atoms with Gasteiger partial charge in [-0.25, -0.2) is 0 Å². The molecule has 0 amide bonds. The second-order valence-electron chi connectivity index (χ2n) is 2.20. The van der Waals surface area contributed by atoms with Crippen LogP contribution in [-0.4, -0.2) is 17.7 Å². The Balaban J connectivity index is 2.97. The third-order valence-electron chi connectivity index (χ3n) is 1.23. The van der Waals surface area contributed by atoms with Crippen molar-refractivity contribution in [2.24, 2.45) is 0 Å². The number of hydrogen-bond donors (Lipinski definition) is 1. The molecule has 0 aliphatic rings. The topological polar surface area (TPSA) is 29.5 Å². The predicted octanol–water partition coefficient (Wildman–Crippen LogP) is 2.52. The number of hydrogen-bond acceptors (Lipinski definition) is 2. The minimum Gasteiger partial charge on any atom is -0.350 e. The molecule has 0 aliphatic heterocycles. The summed E-state index contributed by atoms with van der Waals surface area (Å²) in [6.07, 6.45) is 4.34. The maximum Gasteiger partial charge on any atom is 0.167 e.